The van der Waals surface area contributed by atoms with Crippen molar-refractivity contribution in [2.75, 3.05) is 18.0 Å². The van der Waals surface area contributed by atoms with Crippen LogP contribution in [0.5, 0.6) is 0 Å². The largest absolute Gasteiger partial charge is 0.349 e. The molecule has 4 aromatic rings. The van der Waals surface area contributed by atoms with Crippen molar-refractivity contribution < 1.29 is 0 Å². The molecule has 0 radical (unpaired) electrons. The molecule has 0 bridgehead atoms. The summed E-state index contributed by atoms with van der Waals surface area (Å²) in [5.41, 5.74) is 7.91. The Morgan fingerprint density at radius 1 is 1.04 bits per heavy atom. The SMILES string of the molecule is NCCCN(Cc1cnc(-c2ccccc2)[nH]1)c1nsc2ccccc12. The summed E-state index contributed by atoms with van der Waals surface area (Å²) in [7, 11) is 0. The number of imidazole rings is 1. The number of rotatable bonds is 7. The monoisotopic (exact) mass is 363 g/mol. The first-order valence-corrected chi connectivity index (χ1v) is 9.51. The van der Waals surface area contributed by atoms with E-state index in [2.05, 4.69) is 51.3 Å². The second kappa shape index (κ2) is 7.68. The highest BCUT2D eigenvalue weighted by molar-refractivity contribution is 7.13. The molecule has 0 amide bonds. The fourth-order valence-electron chi connectivity index (χ4n) is 3.03. The van der Waals surface area contributed by atoms with Gasteiger partial charge in [-0.3, -0.25) is 0 Å². The van der Waals surface area contributed by atoms with Gasteiger partial charge in [-0.1, -0.05) is 42.5 Å². The number of fused-ring (bicyclic) bond motifs is 1. The predicted octanol–water partition coefficient (Wildman–Crippen LogP) is 4.04. The first kappa shape index (κ1) is 16.8. The number of benzene rings is 2. The number of anilines is 1. The van der Waals surface area contributed by atoms with Crippen LogP contribution in [-0.4, -0.2) is 27.4 Å². The molecule has 26 heavy (non-hydrogen) atoms. The summed E-state index contributed by atoms with van der Waals surface area (Å²) >= 11 is 1.54. The first-order chi connectivity index (χ1) is 12.8. The lowest BCUT2D eigenvalue weighted by atomic mass is 10.2. The Labute approximate surface area is 156 Å². The summed E-state index contributed by atoms with van der Waals surface area (Å²) < 4.78 is 5.91. The van der Waals surface area contributed by atoms with E-state index in [1.807, 2.05) is 24.4 Å². The van der Waals surface area contributed by atoms with Crippen molar-refractivity contribution >= 4 is 27.4 Å². The van der Waals surface area contributed by atoms with Gasteiger partial charge in [0.2, 0.25) is 0 Å². The zero-order valence-corrected chi connectivity index (χ0v) is 15.2. The number of hydrogen-bond acceptors (Lipinski definition) is 5. The Morgan fingerprint density at radius 3 is 2.69 bits per heavy atom. The molecule has 0 atom stereocenters. The Bertz CT molecular complexity index is 976. The van der Waals surface area contributed by atoms with Gasteiger partial charge in [0, 0.05) is 17.5 Å². The van der Waals surface area contributed by atoms with Gasteiger partial charge in [-0.2, -0.15) is 4.37 Å². The molecule has 0 fully saturated rings. The number of H-pyrrole nitrogens is 1. The maximum Gasteiger partial charge on any atom is 0.150 e. The Hall–Kier alpha value is -2.70. The second-order valence-electron chi connectivity index (χ2n) is 6.19. The summed E-state index contributed by atoms with van der Waals surface area (Å²) in [6.07, 6.45) is 2.83. The van der Waals surface area contributed by atoms with Crippen molar-refractivity contribution in [3.63, 3.8) is 0 Å². The van der Waals surface area contributed by atoms with Gasteiger partial charge >= 0.3 is 0 Å². The average Bonchev–Trinajstić information content (AvgIpc) is 3.33. The number of nitrogens with zero attached hydrogens (tertiary/aromatic N) is 3. The molecule has 0 aliphatic rings. The molecule has 0 saturated carbocycles. The smallest absolute Gasteiger partial charge is 0.150 e. The predicted molar refractivity (Wildman–Crippen MR) is 108 cm³/mol. The van der Waals surface area contributed by atoms with Gasteiger partial charge in [0.1, 0.15) is 5.82 Å². The highest BCUT2D eigenvalue weighted by Crippen LogP contribution is 2.30. The molecule has 0 spiro atoms. The molecule has 0 saturated heterocycles. The Balaban J connectivity index is 1.61. The number of aromatic nitrogens is 3. The van der Waals surface area contributed by atoms with Crippen LogP contribution in [0.4, 0.5) is 5.82 Å². The summed E-state index contributed by atoms with van der Waals surface area (Å²) in [5, 5.41) is 1.19. The van der Waals surface area contributed by atoms with Gasteiger partial charge in [-0.05, 0) is 36.6 Å². The van der Waals surface area contributed by atoms with Crippen LogP contribution in [0.1, 0.15) is 12.1 Å². The third kappa shape index (κ3) is 3.47. The third-order valence-electron chi connectivity index (χ3n) is 4.33. The number of aromatic amines is 1. The number of hydrogen-bond donors (Lipinski definition) is 2. The second-order valence-corrected chi connectivity index (χ2v) is 6.99. The molecule has 2 aromatic carbocycles. The zero-order valence-electron chi connectivity index (χ0n) is 14.4. The lowest BCUT2D eigenvalue weighted by Gasteiger charge is -2.22. The minimum atomic E-state index is 0.664. The van der Waals surface area contributed by atoms with Gasteiger partial charge in [0.25, 0.3) is 0 Å². The Kier molecular flexibility index (Phi) is 4.95. The summed E-state index contributed by atoms with van der Waals surface area (Å²) in [4.78, 5) is 10.3. The molecule has 0 unspecified atom stereocenters. The first-order valence-electron chi connectivity index (χ1n) is 8.74. The lowest BCUT2D eigenvalue weighted by Crippen LogP contribution is -2.26. The molecule has 4 rings (SSSR count). The zero-order chi connectivity index (χ0) is 17.8. The Morgan fingerprint density at radius 2 is 1.85 bits per heavy atom. The van der Waals surface area contributed by atoms with Gasteiger partial charge < -0.3 is 15.6 Å². The average molecular weight is 363 g/mol. The highest BCUT2D eigenvalue weighted by Gasteiger charge is 2.15. The lowest BCUT2D eigenvalue weighted by molar-refractivity contribution is 0.725. The molecular weight excluding hydrogens is 342 g/mol. The fourth-order valence-corrected chi connectivity index (χ4v) is 3.83. The summed E-state index contributed by atoms with van der Waals surface area (Å²) in [6.45, 7) is 2.26. The molecular formula is C20H21N5S. The molecule has 2 heterocycles. The van der Waals surface area contributed by atoms with Crippen LogP contribution in [0, 0.1) is 0 Å². The molecule has 0 aliphatic heterocycles. The van der Waals surface area contributed by atoms with Crippen LogP contribution in [-0.2, 0) is 6.54 Å². The van der Waals surface area contributed by atoms with Crippen molar-refractivity contribution in [2.45, 2.75) is 13.0 Å². The normalized spacial score (nSPS) is 11.1. The van der Waals surface area contributed by atoms with Crippen LogP contribution in [0.15, 0.2) is 60.8 Å². The van der Waals surface area contributed by atoms with E-state index in [1.165, 1.54) is 21.6 Å². The van der Waals surface area contributed by atoms with E-state index in [-0.39, 0.29) is 0 Å². The van der Waals surface area contributed by atoms with E-state index in [1.54, 1.807) is 0 Å². The molecule has 3 N–H and O–H groups in total. The topological polar surface area (TPSA) is 70.8 Å². The standard InChI is InChI=1S/C20H21N5S/c21-11-6-12-25(20-17-9-4-5-10-18(17)26-24-20)14-16-13-22-19(23-16)15-7-2-1-3-8-15/h1-5,7-10,13H,6,11-12,14,21H2,(H,22,23). The van der Waals surface area contributed by atoms with Gasteiger partial charge in [-0.15, -0.1) is 0 Å². The van der Waals surface area contributed by atoms with Crippen LogP contribution in [0.3, 0.4) is 0 Å². The quantitative estimate of drug-likeness (QED) is 0.520. The maximum atomic E-state index is 5.75. The van der Waals surface area contributed by atoms with Crippen LogP contribution >= 0.6 is 11.5 Å². The van der Waals surface area contributed by atoms with Crippen molar-refractivity contribution in [1.29, 1.82) is 0 Å². The number of nitrogens with one attached hydrogen (secondary N) is 1. The number of nitrogens with two attached hydrogens (primary N) is 1. The van der Waals surface area contributed by atoms with E-state index in [4.69, 9.17) is 10.1 Å². The third-order valence-corrected chi connectivity index (χ3v) is 5.14. The van der Waals surface area contributed by atoms with E-state index >= 15 is 0 Å². The maximum absolute atomic E-state index is 5.75. The van der Waals surface area contributed by atoms with Crippen LogP contribution < -0.4 is 10.6 Å². The fraction of sp³-hybridized carbons (Fsp3) is 0.200. The molecule has 0 aliphatic carbocycles. The van der Waals surface area contributed by atoms with Gasteiger partial charge in [0.05, 0.1) is 23.1 Å². The molecule has 2 aromatic heterocycles. The molecule has 132 valence electrons. The van der Waals surface area contributed by atoms with Crippen molar-refractivity contribution in [1.82, 2.24) is 14.3 Å². The molecule has 5 nitrogen and oxygen atoms in total. The van der Waals surface area contributed by atoms with Crippen molar-refractivity contribution in [3.05, 3.63) is 66.5 Å². The van der Waals surface area contributed by atoms with Gasteiger partial charge in [-0.25, -0.2) is 4.98 Å². The van der Waals surface area contributed by atoms with Crippen molar-refractivity contribution in [2.24, 2.45) is 5.73 Å². The minimum Gasteiger partial charge on any atom is -0.349 e. The van der Waals surface area contributed by atoms with Crippen LogP contribution in [0.2, 0.25) is 0 Å². The van der Waals surface area contributed by atoms with Crippen molar-refractivity contribution in [3.8, 4) is 11.4 Å². The van der Waals surface area contributed by atoms with E-state index in [9.17, 15) is 0 Å². The van der Waals surface area contributed by atoms with Crippen LogP contribution in [0.25, 0.3) is 21.5 Å². The summed E-state index contributed by atoms with van der Waals surface area (Å²) in [5.74, 6) is 1.91. The summed E-state index contributed by atoms with van der Waals surface area (Å²) in [6, 6.07) is 18.5. The van der Waals surface area contributed by atoms with E-state index in [0.29, 0.717) is 6.54 Å². The highest BCUT2D eigenvalue weighted by atomic mass is 32.1. The molecule has 6 heteroatoms. The minimum absolute atomic E-state index is 0.664. The van der Waals surface area contributed by atoms with E-state index in [0.717, 1.165) is 42.4 Å². The van der Waals surface area contributed by atoms with E-state index < -0.39 is 0 Å². The van der Waals surface area contributed by atoms with Gasteiger partial charge in [0.15, 0.2) is 5.82 Å².